The van der Waals surface area contributed by atoms with E-state index < -0.39 is 28.5 Å². The number of rotatable bonds is 14. The van der Waals surface area contributed by atoms with Crippen molar-refractivity contribution in [3.8, 4) is 11.5 Å². The molecule has 0 fully saturated rings. The molecule has 0 aliphatic rings. The molecule has 0 bridgehead atoms. The first kappa shape index (κ1) is 33.4. The predicted molar refractivity (Wildman–Crippen MR) is 175 cm³/mol. The van der Waals surface area contributed by atoms with E-state index >= 15 is 0 Å². The zero-order valence-corrected chi connectivity index (χ0v) is 26.9. The summed E-state index contributed by atoms with van der Waals surface area (Å²) in [6, 6.07) is 27.7. The molecule has 1 N–H and O–H groups in total. The lowest BCUT2D eigenvalue weighted by Gasteiger charge is -2.33. The fourth-order valence-electron chi connectivity index (χ4n) is 4.83. The number of nitrogens with zero attached hydrogens (tertiary/aromatic N) is 2. The van der Waals surface area contributed by atoms with Crippen molar-refractivity contribution in [3.05, 3.63) is 119 Å². The standard InChI is InChI=1S/C34H36ClN3O6S/c1-4-44-29-17-15-28(16-18-29)38(45(41,42)31-19-13-27(35)14-20-31)24-33(39)37(23-26-11-8-12-30(21-26)43-3)32(34(40)36-2)22-25-9-6-5-7-10-25/h5-21,32H,4,22-24H2,1-3H3,(H,36,40). The van der Waals surface area contributed by atoms with Gasteiger partial charge in [0.15, 0.2) is 0 Å². The quantitative estimate of drug-likeness (QED) is 0.198. The van der Waals surface area contributed by atoms with E-state index in [4.69, 9.17) is 21.1 Å². The summed E-state index contributed by atoms with van der Waals surface area (Å²) in [6.45, 7) is 1.73. The van der Waals surface area contributed by atoms with E-state index in [0.717, 1.165) is 9.87 Å². The van der Waals surface area contributed by atoms with E-state index in [1.807, 2.05) is 43.3 Å². The lowest BCUT2D eigenvalue weighted by molar-refractivity contribution is -0.139. The van der Waals surface area contributed by atoms with Crippen LogP contribution in [0, 0.1) is 0 Å². The summed E-state index contributed by atoms with van der Waals surface area (Å²) in [5.74, 6) is 0.177. The van der Waals surface area contributed by atoms with Gasteiger partial charge >= 0.3 is 0 Å². The third-order valence-electron chi connectivity index (χ3n) is 7.12. The fraction of sp³-hybridized carbons (Fsp3) is 0.235. The molecular formula is C34H36ClN3O6S. The van der Waals surface area contributed by atoms with Gasteiger partial charge in [0.2, 0.25) is 11.8 Å². The molecule has 0 aromatic heterocycles. The van der Waals surface area contributed by atoms with E-state index in [2.05, 4.69) is 5.32 Å². The van der Waals surface area contributed by atoms with Crippen LogP contribution < -0.4 is 19.1 Å². The Kier molecular flexibility index (Phi) is 11.5. The van der Waals surface area contributed by atoms with Gasteiger partial charge in [-0.05, 0) is 78.7 Å². The maximum Gasteiger partial charge on any atom is 0.264 e. The molecular weight excluding hydrogens is 614 g/mol. The summed E-state index contributed by atoms with van der Waals surface area (Å²) in [6.07, 6.45) is 0.212. The fourth-order valence-corrected chi connectivity index (χ4v) is 6.37. The minimum Gasteiger partial charge on any atom is -0.497 e. The molecule has 1 unspecified atom stereocenters. The van der Waals surface area contributed by atoms with Crippen LogP contribution >= 0.6 is 11.6 Å². The van der Waals surface area contributed by atoms with Crippen molar-refractivity contribution in [1.29, 1.82) is 0 Å². The van der Waals surface area contributed by atoms with Crippen molar-refractivity contribution >= 4 is 39.1 Å². The first-order chi connectivity index (χ1) is 21.7. The number of carbonyl (C=O) groups is 2. The Morgan fingerprint density at radius 1 is 0.867 bits per heavy atom. The Balaban J connectivity index is 1.79. The van der Waals surface area contributed by atoms with Gasteiger partial charge in [0.25, 0.3) is 10.0 Å². The Morgan fingerprint density at radius 3 is 2.16 bits per heavy atom. The van der Waals surface area contributed by atoms with Crippen molar-refractivity contribution in [2.75, 3.05) is 31.6 Å². The molecule has 4 aromatic carbocycles. The van der Waals surface area contributed by atoms with Crippen LogP contribution in [0.2, 0.25) is 5.02 Å². The van der Waals surface area contributed by atoms with Crippen LogP contribution in [-0.4, -0.2) is 58.5 Å². The minimum atomic E-state index is -4.25. The van der Waals surface area contributed by atoms with Crippen molar-refractivity contribution < 1.29 is 27.5 Å². The van der Waals surface area contributed by atoms with Crippen LogP contribution in [0.1, 0.15) is 18.1 Å². The molecule has 1 atom stereocenters. The van der Waals surface area contributed by atoms with E-state index in [1.165, 1.54) is 36.2 Å². The van der Waals surface area contributed by atoms with Crippen molar-refractivity contribution in [1.82, 2.24) is 10.2 Å². The van der Waals surface area contributed by atoms with Gasteiger partial charge in [0, 0.05) is 25.0 Å². The van der Waals surface area contributed by atoms with Crippen LogP contribution in [0.15, 0.2) is 108 Å². The molecule has 0 spiro atoms. The number of sulfonamides is 1. The van der Waals surface area contributed by atoms with Gasteiger partial charge in [0.1, 0.15) is 24.1 Å². The van der Waals surface area contributed by atoms with Gasteiger partial charge < -0.3 is 19.7 Å². The van der Waals surface area contributed by atoms with Gasteiger partial charge in [0.05, 0.1) is 24.3 Å². The highest BCUT2D eigenvalue weighted by molar-refractivity contribution is 7.92. The minimum absolute atomic E-state index is 0.0268. The number of amides is 2. The summed E-state index contributed by atoms with van der Waals surface area (Å²) < 4.78 is 40.1. The van der Waals surface area contributed by atoms with Gasteiger partial charge in [-0.15, -0.1) is 0 Å². The maximum absolute atomic E-state index is 14.4. The first-order valence-corrected chi connectivity index (χ1v) is 16.2. The molecule has 11 heteroatoms. The van der Waals surface area contributed by atoms with Gasteiger partial charge in [-0.2, -0.15) is 0 Å². The van der Waals surface area contributed by atoms with Gasteiger partial charge in [-0.3, -0.25) is 13.9 Å². The number of hydrogen-bond acceptors (Lipinski definition) is 6. The number of ether oxygens (including phenoxy) is 2. The van der Waals surface area contributed by atoms with Crippen molar-refractivity contribution in [2.45, 2.75) is 30.8 Å². The zero-order chi connectivity index (χ0) is 32.4. The highest BCUT2D eigenvalue weighted by atomic mass is 35.5. The highest BCUT2D eigenvalue weighted by Gasteiger charge is 2.34. The number of nitrogens with one attached hydrogen (secondary N) is 1. The summed E-state index contributed by atoms with van der Waals surface area (Å²) >= 11 is 6.04. The van der Waals surface area contributed by atoms with E-state index in [0.29, 0.717) is 28.7 Å². The monoisotopic (exact) mass is 649 g/mol. The molecule has 0 saturated heterocycles. The molecule has 0 aliphatic heterocycles. The van der Waals surface area contributed by atoms with Crippen LogP contribution in [-0.2, 0) is 32.6 Å². The summed E-state index contributed by atoms with van der Waals surface area (Å²) in [5.41, 5.74) is 1.80. The van der Waals surface area contributed by atoms with E-state index in [9.17, 15) is 18.0 Å². The lowest BCUT2D eigenvalue weighted by Crippen LogP contribution is -2.53. The van der Waals surface area contributed by atoms with Crippen LogP contribution in [0.3, 0.4) is 0 Å². The molecule has 9 nitrogen and oxygen atoms in total. The van der Waals surface area contributed by atoms with Crippen molar-refractivity contribution in [3.63, 3.8) is 0 Å². The predicted octanol–water partition coefficient (Wildman–Crippen LogP) is 5.33. The molecule has 45 heavy (non-hydrogen) atoms. The molecule has 2 amide bonds. The molecule has 0 saturated carbocycles. The third kappa shape index (κ3) is 8.55. The largest absolute Gasteiger partial charge is 0.497 e. The molecule has 0 aliphatic carbocycles. The number of anilines is 1. The molecule has 236 valence electrons. The molecule has 4 rings (SSSR count). The normalized spacial score (nSPS) is 11.7. The van der Waals surface area contributed by atoms with Crippen LogP contribution in [0.5, 0.6) is 11.5 Å². The summed E-state index contributed by atoms with van der Waals surface area (Å²) in [7, 11) is -1.20. The Hall–Kier alpha value is -4.54. The lowest BCUT2D eigenvalue weighted by atomic mass is 10.0. The van der Waals surface area contributed by atoms with Gasteiger partial charge in [-0.25, -0.2) is 8.42 Å². The Labute approximate surface area is 269 Å². The smallest absolute Gasteiger partial charge is 0.264 e. The molecule has 0 radical (unpaired) electrons. The molecule has 0 heterocycles. The second-order valence-corrected chi connectivity index (χ2v) is 12.4. The molecule has 4 aromatic rings. The second kappa shape index (κ2) is 15.5. The topological polar surface area (TPSA) is 105 Å². The van der Waals surface area contributed by atoms with E-state index in [-0.39, 0.29) is 29.5 Å². The number of carbonyl (C=O) groups excluding carboxylic acids is 2. The van der Waals surface area contributed by atoms with Crippen LogP contribution in [0.25, 0.3) is 0 Å². The number of hydrogen-bond donors (Lipinski definition) is 1. The average Bonchev–Trinajstić information content (AvgIpc) is 3.06. The number of benzene rings is 4. The van der Waals surface area contributed by atoms with Crippen molar-refractivity contribution in [2.24, 2.45) is 0 Å². The summed E-state index contributed by atoms with van der Waals surface area (Å²) in [4.78, 5) is 29.2. The maximum atomic E-state index is 14.4. The Bertz CT molecular complexity index is 1680. The van der Waals surface area contributed by atoms with E-state index in [1.54, 1.807) is 49.6 Å². The summed E-state index contributed by atoms with van der Waals surface area (Å²) in [5, 5.41) is 3.05. The van der Waals surface area contributed by atoms with Gasteiger partial charge in [-0.1, -0.05) is 54.1 Å². The third-order valence-corrected chi connectivity index (χ3v) is 9.16. The average molecular weight is 650 g/mol. The number of methoxy groups -OCH3 is 1. The first-order valence-electron chi connectivity index (χ1n) is 14.3. The number of likely N-dealkylation sites (N-methyl/N-ethyl adjacent to an activating group) is 1. The number of halogens is 1. The zero-order valence-electron chi connectivity index (χ0n) is 25.4. The highest BCUT2D eigenvalue weighted by Crippen LogP contribution is 2.28. The SMILES string of the molecule is CCOc1ccc(N(CC(=O)N(Cc2cccc(OC)c2)C(Cc2ccccc2)C(=O)NC)S(=O)(=O)c2ccc(Cl)cc2)cc1. The second-order valence-electron chi connectivity index (χ2n) is 10.1. The van der Waals surface area contributed by atoms with Crippen LogP contribution in [0.4, 0.5) is 5.69 Å². The Morgan fingerprint density at radius 2 is 1.53 bits per heavy atom.